The second-order valence-corrected chi connectivity index (χ2v) is 5.08. The second-order valence-electron chi connectivity index (χ2n) is 5.08. The van der Waals surface area contributed by atoms with Gasteiger partial charge in [0.1, 0.15) is 5.75 Å². The van der Waals surface area contributed by atoms with Crippen LogP contribution >= 0.6 is 0 Å². The topological polar surface area (TPSA) is 44.5 Å². The van der Waals surface area contributed by atoms with Gasteiger partial charge in [-0.3, -0.25) is 0 Å². The van der Waals surface area contributed by atoms with Gasteiger partial charge in [-0.1, -0.05) is 19.1 Å². The molecule has 3 heteroatoms. The van der Waals surface area contributed by atoms with Gasteiger partial charge in [-0.25, -0.2) is 0 Å². The van der Waals surface area contributed by atoms with Gasteiger partial charge >= 0.3 is 0 Å². The summed E-state index contributed by atoms with van der Waals surface area (Å²) in [5, 5.41) is 0. The summed E-state index contributed by atoms with van der Waals surface area (Å²) >= 11 is 0. The fraction of sp³-hybridized carbons (Fsp3) is 0.600. The van der Waals surface area contributed by atoms with Gasteiger partial charge in [-0.15, -0.1) is 0 Å². The highest BCUT2D eigenvalue weighted by atomic mass is 16.5. The minimum Gasteiger partial charge on any atom is -0.491 e. The number of hydrogen-bond donors (Lipinski definition) is 1. The van der Waals surface area contributed by atoms with Crippen LogP contribution in [0.1, 0.15) is 45.7 Å². The summed E-state index contributed by atoms with van der Waals surface area (Å²) < 4.78 is 11.2. The molecular formula is C15H25NO2. The summed E-state index contributed by atoms with van der Waals surface area (Å²) in [4.78, 5) is 0. The summed E-state index contributed by atoms with van der Waals surface area (Å²) in [6.07, 6.45) is 1.05. The van der Waals surface area contributed by atoms with Crippen LogP contribution in [0.25, 0.3) is 0 Å². The highest BCUT2D eigenvalue weighted by Crippen LogP contribution is 2.30. The lowest BCUT2D eigenvalue weighted by atomic mass is 9.88. The summed E-state index contributed by atoms with van der Waals surface area (Å²) in [5.41, 5.74) is 7.01. The highest BCUT2D eigenvalue weighted by Gasteiger charge is 2.30. The van der Waals surface area contributed by atoms with E-state index in [1.54, 1.807) is 7.11 Å². The molecule has 0 saturated carbocycles. The number of nitrogens with two attached hydrogens (primary N) is 1. The monoisotopic (exact) mass is 251 g/mol. The van der Waals surface area contributed by atoms with Gasteiger partial charge in [0, 0.05) is 7.11 Å². The first-order valence-corrected chi connectivity index (χ1v) is 6.50. The number of hydrogen-bond acceptors (Lipinski definition) is 3. The molecule has 0 saturated heterocycles. The molecule has 0 fully saturated rings. The molecule has 3 nitrogen and oxygen atoms in total. The van der Waals surface area contributed by atoms with E-state index in [4.69, 9.17) is 15.2 Å². The summed E-state index contributed by atoms with van der Waals surface area (Å²) in [6, 6.07) is 7.80. The Labute approximate surface area is 110 Å². The van der Waals surface area contributed by atoms with E-state index in [1.807, 2.05) is 45.0 Å². The number of ether oxygens (including phenoxy) is 2. The molecule has 1 rings (SSSR count). The quantitative estimate of drug-likeness (QED) is 0.843. The molecule has 0 heterocycles. The Morgan fingerprint density at radius 2 is 1.78 bits per heavy atom. The number of benzene rings is 1. The first kappa shape index (κ1) is 15.0. The molecule has 0 aliphatic rings. The van der Waals surface area contributed by atoms with Crippen molar-refractivity contribution < 1.29 is 9.47 Å². The largest absolute Gasteiger partial charge is 0.491 e. The molecule has 2 unspecified atom stereocenters. The van der Waals surface area contributed by atoms with Gasteiger partial charge in [0.2, 0.25) is 0 Å². The van der Waals surface area contributed by atoms with E-state index in [2.05, 4.69) is 6.92 Å². The second kappa shape index (κ2) is 6.21. The summed E-state index contributed by atoms with van der Waals surface area (Å²) in [5.74, 6) is 0.872. The first-order valence-electron chi connectivity index (χ1n) is 6.50. The van der Waals surface area contributed by atoms with Crippen molar-refractivity contribution >= 4 is 0 Å². The van der Waals surface area contributed by atoms with E-state index in [0.717, 1.165) is 17.7 Å². The lowest BCUT2D eigenvalue weighted by molar-refractivity contribution is -0.0194. The molecule has 1 aromatic carbocycles. The molecule has 0 aliphatic carbocycles. The molecule has 2 N–H and O–H groups in total. The molecule has 0 spiro atoms. The Hall–Kier alpha value is -1.06. The maximum absolute atomic E-state index is 6.28. The maximum atomic E-state index is 6.28. The highest BCUT2D eigenvalue weighted by molar-refractivity contribution is 5.30. The summed E-state index contributed by atoms with van der Waals surface area (Å²) in [6.45, 7) is 8.15. The fourth-order valence-electron chi connectivity index (χ4n) is 1.87. The third-order valence-electron chi connectivity index (χ3n) is 3.44. The standard InChI is InChI=1S/C15H25NO2/c1-6-15(4,17-5)14(16)12-7-9-13(10-8-12)18-11(2)3/h7-11,14H,6,16H2,1-5H3. The number of methoxy groups -OCH3 is 1. The van der Waals surface area contributed by atoms with Crippen LogP contribution in [0.2, 0.25) is 0 Å². The Bertz CT molecular complexity index is 355. The van der Waals surface area contributed by atoms with Crippen LogP contribution in [0.4, 0.5) is 0 Å². The average Bonchev–Trinajstić information content (AvgIpc) is 2.37. The summed E-state index contributed by atoms with van der Waals surface area (Å²) in [7, 11) is 1.71. The van der Waals surface area contributed by atoms with Crippen LogP contribution in [-0.4, -0.2) is 18.8 Å². The number of rotatable bonds is 6. The molecule has 0 radical (unpaired) electrons. The van der Waals surface area contributed by atoms with Crippen LogP contribution in [0.15, 0.2) is 24.3 Å². The zero-order chi connectivity index (χ0) is 13.8. The molecule has 102 valence electrons. The van der Waals surface area contributed by atoms with Gasteiger partial charge in [-0.2, -0.15) is 0 Å². The predicted octanol–water partition coefficient (Wildman–Crippen LogP) is 3.29. The van der Waals surface area contributed by atoms with Crippen LogP contribution in [0.3, 0.4) is 0 Å². The van der Waals surface area contributed by atoms with E-state index < -0.39 is 0 Å². The molecule has 0 amide bonds. The third kappa shape index (κ3) is 3.47. The van der Waals surface area contributed by atoms with Crippen LogP contribution in [-0.2, 0) is 4.74 Å². The Kier molecular flexibility index (Phi) is 5.17. The Balaban J connectivity index is 2.84. The van der Waals surface area contributed by atoms with Crippen LogP contribution in [0.5, 0.6) is 5.75 Å². The molecule has 0 aromatic heterocycles. The minimum atomic E-state index is -0.333. The Morgan fingerprint density at radius 3 is 2.17 bits per heavy atom. The minimum absolute atomic E-state index is 0.138. The molecule has 18 heavy (non-hydrogen) atoms. The van der Waals surface area contributed by atoms with Gasteiger partial charge < -0.3 is 15.2 Å². The van der Waals surface area contributed by atoms with E-state index in [-0.39, 0.29) is 17.7 Å². The van der Waals surface area contributed by atoms with Crippen LogP contribution < -0.4 is 10.5 Å². The maximum Gasteiger partial charge on any atom is 0.119 e. The normalized spacial score (nSPS) is 16.4. The van der Waals surface area contributed by atoms with Crippen LogP contribution in [0, 0.1) is 0 Å². The van der Waals surface area contributed by atoms with Crippen molar-refractivity contribution in [2.24, 2.45) is 5.73 Å². The van der Waals surface area contributed by atoms with E-state index in [1.165, 1.54) is 0 Å². The first-order chi connectivity index (χ1) is 8.42. The van der Waals surface area contributed by atoms with E-state index >= 15 is 0 Å². The van der Waals surface area contributed by atoms with Gasteiger partial charge in [0.25, 0.3) is 0 Å². The molecule has 2 atom stereocenters. The van der Waals surface area contributed by atoms with Crippen molar-refractivity contribution in [3.05, 3.63) is 29.8 Å². The van der Waals surface area contributed by atoms with Crippen molar-refractivity contribution in [1.82, 2.24) is 0 Å². The van der Waals surface area contributed by atoms with Crippen molar-refractivity contribution in [2.75, 3.05) is 7.11 Å². The van der Waals surface area contributed by atoms with E-state index in [0.29, 0.717) is 0 Å². The molecular weight excluding hydrogens is 226 g/mol. The lowest BCUT2D eigenvalue weighted by Crippen LogP contribution is -2.39. The zero-order valence-corrected chi connectivity index (χ0v) is 12.1. The molecule has 0 aliphatic heterocycles. The Morgan fingerprint density at radius 1 is 1.22 bits per heavy atom. The van der Waals surface area contributed by atoms with Gasteiger partial charge in [0.05, 0.1) is 17.7 Å². The lowest BCUT2D eigenvalue weighted by Gasteiger charge is -2.33. The van der Waals surface area contributed by atoms with Crippen molar-refractivity contribution in [1.29, 1.82) is 0 Å². The van der Waals surface area contributed by atoms with Gasteiger partial charge in [0.15, 0.2) is 0 Å². The third-order valence-corrected chi connectivity index (χ3v) is 3.44. The molecule has 0 bridgehead atoms. The zero-order valence-electron chi connectivity index (χ0n) is 12.1. The fourth-order valence-corrected chi connectivity index (χ4v) is 1.87. The smallest absolute Gasteiger partial charge is 0.119 e. The SMILES string of the molecule is CCC(C)(OC)C(N)c1ccc(OC(C)C)cc1. The van der Waals surface area contributed by atoms with Crippen molar-refractivity contribution in [3.8, 4) is 5.75 Å². The average molecular weight is 251 g/mol. The van der Waals surface area contributed by atoms with Crippen molar-refractivity contribution in [3.63, 3.8) is 0 Å². The van der Waals surface area contributed by atoms with E-state index in [9.17, 15) is 0 Å². The molecule has 1 aromatic rings. The predicted molar refractivity (Wildman–Crippen MR) is 74.8 cm³/mol. The van der Waals surface area contributed by atoms with Gasteiger partial charge in [-0.05, 0) is 44.9 Å². The van der Waals surface area contributed by atoms with Crippen molar-refractivity contribution in [2.45, 2.75) is 51.9 Å².